The van der Waals surface area contributed by atoms with Gasteiger partial charge in [0.15, 0.2) is 12.7 Å². The Hall–Kier alpha value is -2.55. The molecule has 0 bridgehead atoms. The molecule has 0 spiro atoms. The van der Waals surface area contributed by atoms with E-state index >= 15 is 0 Å². The number of hydrogen-bond acceptors (Lipinski definition) is 5. The molecule has 0 aliphatic carbocycles. The number of nitriles is 1. The molecule has 0 unspecified atom stereocenters. The van der Waals surface area contributed by atoms with Gasteiger partial charge in [-0.25, -0.2) is 4.79 Å². The zero-order chi connectivity index (χ0) is 18.1. The van der Waals surface area contributed by atoms with Crippen LogP contribution in [0.5, 0.6) is 5.75 Å². The van der Waals surface area contributed by atoms with Gasteiger partial charge in [-0.2, -0.15) is 5.26 Å². The Morgan fingerprint density at radius 2 is 1.72 bits per heavy atom. The van der Waals surface area contributed by atoms with Crippen LogP contribution in [0.25, 0.3) is 0 Å². The van der Waals surface area contributed by atoms with Crippen LogP contribution in [0, 0.1) is 11.3 Å². The second-order valence-electron chi connectivity index (χ2n) is 6.15. The SMILES string of the molecule is C[C@H](Oc1ccc(C#N)cc1)C(=O)OCC(=O)N1CCCCCCC1. The molecular weight excluding hydrogens is 320 g/mol. The molecule has 1 aromatic carbocycles. The molecule has 0 saturated carbocycles. The Balaban J connectivity index is 1.77. The molecule has 1 amide bonds. The van der Waals surface area contributed by atoms with Crippen LogP contribution in [-0.2, 0) is 14.3 Å². The summed E-state index contributed by atoms with van der Waals surface area (Å²) in [6.45, 7) is 2.78. The fourth-order valence-electron chi connectivity index (χ4n) is 2.70. The zero-order valence-electron chi connectivity index (χ0n) is 14.6. The van der Waals surface area contributed by atoms with Gasteiger partial charge in [-0.05, 0) is 44.0 Å². The summed E-state index contributed by atoms with van der Waals surface area (Å²) in [6, 6.07) is 8.47. The van der Waals surface area contributed by atoms with Gasteiger partial charge in [0.25, 0.3) is 5.91 Å². The molecule has 1 fully saturated rings. The van der Waals surface area contributed by atoms with Crippen LogP contribution in [0.1, 0.15) is 44.6 Å². The monoisotopic (exact) mass is 344 g/mol. The third-order valence-electron chi connectivity index (χ3n) is 4.17. The first-order chi connectivity index (χ1) is 12.1. The molecule has 1 heterocycles. The van der Waals surface area contributed by atoms with E-state index in [0.29, 0.717) is 11.3 Å². The molecule has 6 nitrogen and oxygen atoms in total. The minimum Gasteiger partial charge on any atom is -0.479 e. The number of carbonyl (C=O) groups is 2. The average Bonchev–Trinajstić information content (AvgIpc) is 2.59. The fourth-order valence-corrected chi connectivity index (χ4v) is 2.70. The predicted molar refractivity (Wildman–Crippen MR) is 91.9 cm³/mol. The van der Waals surface area contributed by atoms with Crippen LogP contribution in [0.3, 0.4) is 0 Å². The van der Waals surface area contributed by atoms with E-state index < -0.39 is 12.1 Å². The predicted octanol–water partition coefficient (Wildman–Crippen LogP) is 2.66. The average molecular weight is 344 g/mol. The van der Waals surface area contributed by atoms with Crippen molar-refractivity contribution in [2.75, 3.05) is 19.7 Å². The fraction of sp³-hybridized carbons (Fsp3) is 0.526. The van der Waals surface area contributed by atoms with Crippen molar-refractivity contribution < 1.29 is 19.1 Å². The standard InChI is InChI=1S/C19H24N2O4/c1-15(25-17-9-7-16(13-20)8-10-17)19(23)24-14-18(22)21-11-5-3-2-4-6-12-21/h7-10,15H,2-6,11-12,14H2,1H3/t15-/m0/s1. The Bertz CT molecular complexity index is 613. The Morgan fingerprint density at radius 3 is 2.32 bits per heavy atom. The number of nitrogens with zero attached hydrogens (tertiary/aromatic N) is 2. The summed E-state index contributed by atoms with van der Waals surface area (Å²) in [5.74, 6) is -0.260. The summed E-state index contributed by atoms with van der Waals surface area (Å²) in [5, 5.41) is 8.76. The molecule has 1 aromatic rings. The van der Waals surface area contributed by atoms with Crippen LogP contribution >= 0.6 is 0 Å². The van der Waals surface area contributed by atoms with Crippen molar-refractivity contribution in [2.24, 2.45) is 0 Å². The first kappa shape index (κ1) is 18.8. The maximum absolute atomic E-state index is 12.2. The van der Waals surface area contributed by atoms with Gasteiger partial charge >= 0.3 is 5.97 Å². The molecule has 134 valence electrons. The summed E-state index contributed by atoms with van der Waals surface area (Å²) in [5.41, 5.74) is 0.515. The smallest absolute Gasteiger partial charge is 0.347 e. The number of carbonyl (C=O) groups excluding carboxylic acids is 2. The van der Waals surface area contributed by atoms with Crippen LogP contribution in [0.2, 0.25) is 0 Å². The Morgan fingerprint density at radius 1 is 1.12 bits per heavy atom. The lowest BCUT2D eigenvalue weighted by Gasteiger charge is -2.24. The van der Waals surface area contributed by atoms with Gasteiger partial charge in [0.2, 0.25) is 0 Å². The van der Waals surface area contributed by atoms with Gasteiger partial charge in [0.05, 0.1) is 11.6 Å². The third-order valence-corrected chi connectivity index (χ3v) is 4.17. The number of rotatable bonds is 5. The third kappa shape index (κ3) is 6.11. The molecule has 25 heavy (non-hydrogen) atoms. The molecule has 1 saturated heterocycles. The van der Waals surface area contributed by atoms with Crippen molar-refractivity contribution in [3.05, 3.63) is 29.8 Å². The lowest BCUT2D eigenvalue weighted by atomic mass is 10.1. The number of benzene rings is 1. The molecule has 0 N–H and O–H groups in total. The lowest BCUT2D eigenvalue weighted by Crippen LogP contribution is -2.38. The first-order valence-electron chi connectivity index (χ1n) is 8.71. The highest BCUT2D eigenvalue weighted by Gasteiger charge is 2.20. The number of esters is 1. The van der Waals surface area contributed by atoms with E-state index in [1.807, 2.05) is 6.07 Å². The summed E-state index contributed by atoms with van der Waals surface area (Å²) in [4.78, 5) is 26.0. The van der Waals surface area contributed by atoms with Crippen LogP contribution in [-0.4, -0.2) is 42.6 Å². The molecular formula is C19H24N2O4. The molecule has 6 heteroatoms. The molecule has 0 aromatic heterocycles. The molecule has 1 aliphatic rings. The van der Waals surface area contributed by atoms with E-state index in [9.17, 15) is 9.59 Å². The maximum atomic E-state index is 12.2. The largest absolute Gasteiger partial charge is 0.479 e. The highest BCUT2D eigenvalue weighted by Crippen LogP contribution is 2.14. The van der Waals surface area contributed by atoms with Gasteiger partial charge < -0.3 is 14.4 Å². The maximum Gasteiger partial charge on any atom is 0.347 e. The van der Waals surface area contributed by atoms with E-state index in [2.05, 4.69) is 0 Å². The van der Waals surface area contributed by atoms with E-state index in [1.54, 1.807) is 36.1 Å². The van der Waals surface area contributed by atoms with Gasteiger partial charge in [0.1, 0.15) is 5.75 Å². The molecule has 1 atom stereocenters. The number of likely N-dealkylation sites (tertiary alicyclic amines) is 1. The second-order valence-corrected chi connectivity index (χ2v) is 6.15. The van der Waals surface area contributed by atoms with E-state index in [1.165, 1.54) is 6.42 Å². The van der Waals surface area contributed by atoms with Gasteiger partial charge in [0, 0.05) is 13.1 Å². The van der Waals surface area contributed by atoms with E-state index in [-0.39, 0.29) is 12.5 Å². The quantitative estimate of drug-likeness (QED) is 0.767. The van der Waals surface area contributed by atoms with Crippen LogP contribution in [0.15, 0.2) is 24.3 Å². The minimum absolute atomic E-state index is 0.152. The Kier molecular flexibility index (Phi) is 7.27. The van der Waals surface area contributed by atoms with Crippen molar-refractivity contribution in [1.82, 2.24) is 4.90 Å². The highest BCUT2D eigenvalue weighted by atomic mass is 16.6. The van der Waals surface area contributed by atoms with Gasteiger partial charge in [-0.15, -0.1) is 0 Å². The van der Waals surface area contributed by atoms with Crippen molar-refractivity contribution in [3.8, 4) is 11.8 Å². The highest BCUT2D eigenvalue weighted by molar-refractivity contribution is 5.82. The summed E-state index contributed by atoms with van der Waals surface area (Å²) >= 11 is 0. The van der Waals surface area contributed by atoms with Crippen molar-refractivity contribution in [2.45, 2.75) is 45.1 Å². The topological polar surface area (TPSA) is 79.6 Å². The zero-order valence-corrected chi connectivity index (χ0v) is 14.6. The number of hydrogen-bond donors (Lipinski definition) is 0. The van der Waals surface area contributed by atoms with Crippen LogP contribution in [0.4, 0.5) is 0 Å². The summed E-state index contributed by atoms with van der Waals surface area (Å²) in [7, 11) is 0. The van der Waals surface area contributed by atoms with Gasteiger partial charge in [-0.1, -0.05) is 19.3 Å². The van der Waals surface area contributed by atoms with Crippen LogP contribution < -0.4 is 4.74 Å². The minimum atomic E-state index is -0.826. The lowest BCUT2D eigenvalue weighted by molar-refractivity contribution is -0.157. The number of ether oxygens (including phenoxy) is 2. The summed E-state index contributed by atoms with van der Waals surface area (Å²) < 4.78 is 10.6. The van der Waals surface area contributed by atoms with Crippen molar-refractivity contribution in [3.63, 3.8) is 0 Å². The van der Waals surface area contributed by atoms with E-state index in [0.717, 1.165) is 38.8 Å². The Labute approximate surface area is 148 Å². The molecule has 0 radical (unpaired) electrons. The normalized spacial score (nSPS) is 16.1. The van der Waals surface area contributed by atoms with Gasteiger partial charge in [-0.3, -0.25) is 4.79 Å². The molecule has 2 rings (SSSR count). The summed E-state index contributed by atoms with van der Waals surface area (Å²) in [6.07, 6.45) is 4.67. The van der Waals surface area contributed by atoms with E-state index in [4.69, 9.17) is 14.7 Å². The van der Waals surface area contributed by atoms with Crippen molar-refractivity contribution in [1.29, 1.82) is 5.26 Å². The first-order valence-corrected chi connectivity index (χ1v) is 8.71. The van der Waals surface area contributed by atoms with Crippen molar-refractivity contribution >= 4 is 11.9 Å². The molecule has 1 aliphatic heterocycles. The second kappa shape index (κ2) is 9.67. The number of amides is 1.